The molecule has 1 fully saturated rings. The smallest absolute Gasteiger partial charge is 0.416 e. The Morgan fingerprint density at radius 2 is 1.68 bits per heavy atom. The molecule has 6 rings (SSSR count). The van der Waals surface area contributed by atoms with E-state index in [0.29, 0.717) is 20.5 Å². The molecule has 9 nitrogen and oxygen atoms in total. The van der Waals surface area contributed by atoms with Gasteiger partial charge in [-0.2, -0.15) is 13.2 Å². The summed E-state index contributed by atoms with van der Waals surface area (Å²) in [7, 11) is 0. The Hall–Kier alpha value is -4.40. The number of esters is 1. The fourth-order valence-corrected chi connectivity index (χ4v) is 8.52. The Morgan fingerprint density at radius 3 is 2.34 bits per heavy atom. The van der Waals surface area contributed by atoms with Crippen molar-refractivity contribution in [1.82, 2.24) is 4.57 Å². The Kier molecular flexibility index (Phi) is 8.76. The van der Waals surface area contributed by atoms with E-state index in [2.05, 4.69) is 5.32 Å². The zero-order valence-corrected chi connectivity index (χ0v) is 26.6. The number of thiazole rings is 1. The largest absolute Gasteiger partial charge is 0.462 e. The summed E-state index contributed by atoms with van der Waals surface area (Å²) < 4.78 is 45.8. The second-order valence-corrected chi connectivity index (χ2v) is 13.2. The summed E-state index contributed by atoms with van der Waals surface area (Å²) in [4.78, 5) is 67.5. The van der Waals surface area contributed by atoms with E-state index < -0.39 is 63.9 Å². The minimum Gasteiger partial charge on any atom is -0.462 e. The molecule has 2 aliphatic heterocycles. The van der Waals surface area contributed by atoms with Gasteiger partial charge in [0.2, 0.25) is 17.7 Å². The van der Waals surface area contributed by atoms with Crippen LogP contribution in [0.15, 0.2) is 82.6 Å². The van der Waals surface area contributed by atoms with Crippen molar-refractivity contribution >= 4 is 69.8 Å². The molecule has 242 valence electrons. The average Bonchev–Trinajstić information content (AvgIpc) is 3.47. The summed E-state index contributed by atoms with van der Waals surface area (Å²) in [6.45, 7) is 1.31. The second kappa shape index (κ2) is 12.7. The van der Waals surface area contributed by atoms with Gasteiger partial charge in [-0.1, -0.05) is 52.9 Å². The first-order chi connectivity index (χ1) is 22.4. The third-order valence-corrected chi connectivity index (χ3v) is 10.5. The van der Waals surface area contributed by atoms with Gasteiger partial charge in [-0.25, -0.2) is 9.69 Å². The number of hydrogen-bond donors (Lipinski definition) is 1. The van der Waals surface area contributed by atoms with Crippen molar-refractivity contribution in [2.75, 3.05) is 16.8 Å². The van der Waals surface area contributed by atoms with Crippen molar-refractivity contribution in [3.8, 4) is 0 Å². The molecule has 0 spiro atoms. The highest BCUT2D eigenvalue weighted by Crippen LogP contribution is 2.54. The molecule has 3 heterocycles. The van der Waals surface area contributed by atoms with Crippen molar-refractivity contribution in [1.29, 1.82) is 0 Å². The monoisotopic (exact) mass is 701 g/mol. The number of nitrogens with one attached hydrogen (secondary N) is 1. The molecule has 1 aromatic heterocycles. The van der Waals surface area contributed by atoms with Gasteiger partial charge in [-0.15, -0.1) is 0 Å². The van der Waals surface area contributed by atoms with Crippen molar-refractivity contribution in [3.63, 3.8) is 0 Å². The lowest BCUT2D eigenvalue weighted by molar-refractivity contribution is -0.137. The number of carbonyl (C=O) groups is 4. The predicted octanol–water partition coefficient (Wildman–Crippen LogP) is 6.19. The number of anilines is 2. The van der Waals surface area contributed by atoms with Gasteiger partial charge in [0.15, 0.2) is 0 Å². The Labute approximate surface area is 278 Å². The van der Waals surface area contributed by atoms with Crippen LogP contribution in [0.25, 0.3) is 0 Å². The van der Waals surface area contributed by atoms with Crippen LogP contribution >= 0.6 is 34.7 Å². The second-order valence-electron chi connectivity index (χ2n) is 10.6. The maximum absolute atomic E-state index is 14.1. The lowest BCUT2D eigenvalue weighted by Gasteiger charge is -2.30. The fraction of sp³-hybridized carbons (Fsp3) is 0.219. The maximum atomic E-state index is 14.1. The first kappa shape index (κ1) is 32.5. The number of halogens is 4. The first-order valence-electron chi connectivity index (χ1n) is 14.1. The molecule has 47 heavy (non-hydrogen) atoms. The van der Waals surface area contributed by atoms with Crippen LogP contribution in [0.1, 0.15) is 39.2 Å². The van der Waals surface area contributed by atoms with E-state index in [-0.39, 0.29) is 23.5 Å². The highest BCUT2D eigenvalue weighted by Gasteiger charge is 2.56. The number of amides is 3. The molecule has 3 atom stereocenters. The molecule has 1 saturated heterocycles. The van der Waals surface area contributed by atoms with Gasteiger partial charge in [0, 0.05) is 21.5 Å². The third kappa shape index (κ3) is 6.20. The van der Waals surface area contributed by atoms with E-state index in [0.717, 1.165) is 46.2 Å². The minimum absolute atomic E-state index is 0.102. The molecule has 4 aromatic rings. The van der Waals surface area contributed by atoms with E-state index in [9.17, 15) is 37.1 Å². The van der Waals surface area contributed by atoms with E-state index in [1.54, 1.807) is 31.2 Å². The lowest BCUT2D eigenvalue weighted by atomic mass is 9.83. The number of aromatic nitrogens is 1. The number of imide groups is 1. The molecule has 2 aliphatic rings. The van der Waals surface area contributed by atoms with Gasteiger partial charge in [-0.05, 0) is 67.1 Å². The third-order valence-electron chi connectivity index (χ3n) is 7.69. The zero-order valence-electron chi connectivity index (χ0n) is 24.2. The van der Waals surface area contributed by atoms with Crippen LogP contribution in [0.3, 0.4) is 0 Å². The highest BCUT2D eigenvalue weighted by molar-refractivity contribution is 8.00. The number of rotatable bonds is 7. The number of ether oxygens (including phenoxy) is 1. The predicted molar refractivity (Wildman–Crippen MR) is 170 cm³/mol. The van der Waals surface area contributed by atoms with Gasteiger partial charge in [0.25, 0.3) is 0 Å². The summed E-state index contributed by atoms with van der Waals surface area (Å²) in [5, 5.41) is 2.17. The molecule has 0 bridgehead atoms. The Bertz CT molecular complexity index is 1960. The molecule has 15 heteroatoms. The molecule has 3 aromatic carbocycles. The van der Waals surface area contributed by atoms with Gasteiger partial charge in [-0.3, -0.25) is 23.7 Å². The van der Waals surface area contributed by atoms with E-state index in [4.69, 9.17) is 16.3 Å². The van der Waals surface area contributed by atoms with Crippen LogP contribution < -0.4 is 15.1 Å². The molecule has 0 unspecified atom stereocenters. The highest BCUT2D eigenvalue weighted by atomic mass is 35.5. The molecular formula is C32H23ClF3N3O6S2. The van der Waals surface area contributed by atoms with Gasteiger partial charge >= 0.3 is 17.0 Å². The number of benzene rings is 3. The summed E-state index contributed by atoms with van der Waals surface area (Å²) in [5.41, 5.74) is 0.0647. The summed E-state index contributed by atoms with van der Waals surface area (Å²) in [6.07, 6.45) is -4.62. The van der Waals surface area contributed by atoms with Gasteiger partial charge in [0.1, 0.15) is 11.8 Å². The van der Waals surface area contributed by atoms with E-state index in [1.807, 2.05) is 0 Å². The van der Waals surface area contributed by atoms with Crippen LogP contribution in [0.2, 0.25) is 5.02 Å². The zero-order chi connectivity index (χ0) is 33.6. The normalized spacial score (nSPS) is 18.9. The molecule has 3 amide bonds. The molecule has 1 N–H and O–H groups in total. The first-order valence-corrected chi connectivity index (χ1v) is 16.2. The maximum Gasteiger partial charge on any atom is 0.416 e. The molecule has 0 aliphatic carbocycles. The van der Waals surface area contributed by atoms with Crippen molar-refractivity contribution < 1.29 is 37.1 Å². The summed E-state index contributed by atoms with van der Waals surface area (Å²) >= 11 is 7.95. The Balaban J connectivity index is 1.35. The molecular weight excluding hydrogens is 679 g/mol. The van der Waals surface area contributed by atoms with Crippen molar-refractivity contribution in [3.05, 3.63) is 109 Å². The SMILES string of the molecule is CCOC(=O)c1ccc(N2C(=O)[C@H]3[C@H](c4ccc(Cl)cc4)c4sc(=O)n(CC(=O)Nc5cccc(C(F)(F)F)c5)c4S[C@H]3C2=O)cc1. The summed E-state index contributed by atoms with van der Waals surface area (Å²) in [6, 6.07) is 16.6. The Morgan fingerprint density at radius 1 is 0.979 bits per heavy atom. The number of hydrogen-bond acceptors (Lipinski definition) is 8. The van der Waals surface area contributed by atoms with Crippen molar-refractivity contribution in [2.24, 2.45) is 5.92 Å². The summed E-state index contributed by atoms with van der Waals surface area (Å²) in [5.74, 6) is -4.02. The van der Waals surface area contributed by atoms with Crippen molar-refractivity contribution in [2.45, 2.75) is 35.8 Å². The minimum atomic E-state index is -4.62. The van der Waals surface area contributed by atoms with E-state index in [1.165, 1.54) is 34.9 Å². The fourth-order valence-electron chi connectivity index (χ4n) is 5.62. The number of nitrogens with zero attached hydrogens (tertiary/aromatic N) is 2. The number of carbonyl (C=O) groups excluding carboxylic acids is 4. The standard InChI is InChI=1S/C32H23ClF3N3O6S2/c1-2-45-30(43)17-8-12-21(13-9-17)39-27(41)24-23(16-6-10-19(33)11-7-16)26-29(46-25(24)28(39)42)38(31(44)47-26)15-22(40)37-20-5-3-4-18(14-20)32(34,35)36/h3-14,23-25H,2,15H2,1H3,(H,37,40)/t23-,24-,25+/m0/s1. The average molecular weight is 702 g/mol. The number of thioether (sulfide) groups is 1. The van der Waals surface area contributed by atoms with Gasteiger partial charge < -0.3 is 10.1 Å². The van der Waals surface area contributed by atoms with Crippen LogP contribution in [-0.2, 0) is 31.8 Å². The van der Waals surface area contributed by atoms with Crippen LogP contribution in [0.4, 0.5) is 24.5 Å². The molecule has 0 saturated carbocycles. The lowest BCUT2D eigenvalue weighted by Crippen LogP contribution is -2.33. The number of alkyl halides is 3. The number of fused-ring (bicyclic) bond motifs is 2. The van der Waals surface area contributed by atoms with Crippen LogP contribution in [-0.4, -0.2) is 40.1 Å². The topological polar surface area (TPSA) is 115 Å². The van der Waals surface area contributed by atoms with Crippen LogP contribution in [0, 0.1) is 5.92 Å². The van der Waals surface area contributed by atoms with Crippen LogP contribution in [0.5, 0.6) is 0 Å². The van der Waals surface area contributed by atoms with Gasteiger partial charge in [0.05, 0.1) is 34.4 Å². The quantitative estimate of drug-likeness (QED) is 0.181. The van der Waals surface area contributed by atoms with E-state index >= 15 is 0 Å². The molecule has 0 radical (unpaired) electrons.